The van der Waals surface area contributed by atoms with Crippen LogP contribution in [0.25, 0.3) is 0 Å². The molecule has 31 heavy (non-hydrogen) atoms. The first-order chi connectivity index (χ1) is 15.0. The molecule has 1 fully saturated rings. The third-order valence-electron chi connectivity index (χ3n) is 5.74. The number of hydrogen-bond acceptors (Lipinski definition) is 8. The molecule has 156 valence electrons. The fraction of sp³-hybridized carbons (Fsp3) is 0.182. The Balaban J connectivity index is 1.85. The van der Waals surface area contributed by atoms with Gasteiger partial charge in [0.05, 0.1) is 17.7 Å². The maximum atomic E-state index is 13.6. The van der Waals surface area contributed by atoms with Crippen molar-refractivity contribution in [2.45, 2.75) is 5.92 Å². The first-order valence-electron chi connectivity index (χ1n) is 9.53. The predicted octanol–water partition coefficient (Wildman–Crippen LogP) is 3.33. The molecule has 5 rings (SSSR count). The summed E-state index contributed by atoms with van der Waals surface area (Å²) in [6.45, 7) is 0.383. The average Bonchev–Trinajstić information content (AvgIpc) is 3.25. The second-order valence-electron chi connectivity index (χ2n) is 7.24. The molecule has 0 bridgehead atoms. The number of phenols is 1. The van der Waals surface area contributed by atoms with Crippen LogP contribution in [-0.2, 0) is 0 Å². The van der Waals surface area contributed by atoms with Crippen LogP contribution in [0, 0.1) is 10.1 Å². The van der Waals surface area contributed by atoms with Crippen LogP contribution in [-0.4, -0.2) is 45.9 Å². The number of carbonyl (C=O) groups is 2. The van der Waals surface area contributed by atoms with Gasteiger partial charge in [0.1, 0.15) is 5.92 Å². The van der Waals surface area contributed by atoms with Crippen molar-refractivity contribution in [2.24, 2.45) is 0 Å². The lowest BCUT2D eigenvalue weighted by molar-refractivity contribution is -0.430. The van der Waals surface area contributed by atoms with Gasteiger partial charge in [-0.1, -0.05) is 48.2 Å². The van der Waals surface area contributed by atoms with Crippen molar-refractivity contribution in [2.75, 3.05) is 19.4 Å². The lowest BCUT2D eigenvalue weighted by atomic mass is 9.75. The highest BCUT2D eigenvalue weighted by Crippen LogP contribution is 2.53. The summed E-state index contributed by atoms with van der Waals surface area (Å²) in [4.78, 5) is 40.4. The smallest absolute Gasteiger partial charge is 0.288 e. The number of Topliss-reactive ketones (excluding diaryl/α,β-unsaturated/α-hetero) is 2. The minimum absolute atomic E-state index is 0.0187. The minimum Gasteiger partial charge on any atom is -0.504 e. The van der Waals surface area contributed by atoms with Crippen LogP contribution >= 0.6 is 11.8 Å². The summed E-state index contributed by atoms with van der Waals surface area (Å²) < 4.78 is 5.18. The monoisotopic (exact) mass is 436 g/mol. The van der Waals surface area contributed by atoms with Crippen LogP contribution in [0.5, 0.6) is 11.5 Å². The number of hydrogen-bond donors (Lipinski definition) is 1. The SMILES string of the molecule is COc1cccc(C2C3=C(C(=O)c4ccccc4C3=O)N3CCSC3=C2[N+](=O)[O-])c1O. The summed E-state index contributed by atoms with van der Waals surface area (Å²) in [6, 6.07) is 11.1. The van der Waals surface area contributed by atoms with Gasteiger partial charge in [0.15, 0.2) is 22.3 Å². The highest BCUT2D eigenvalue weighted by atomic mass is 32.2. The molecule has 0 spiro atoms. The van der Waals surface area contributed by atoms with Crippen LogP contribution in [0.15, 0.2) is 64.5 Å². The Morgan fingerprint density at radius 1 is 1.13 bits per heavy atom. The summed E-state index contributed by atoms with van der Waals surface area (Å²) in [5.41, 5.74) is 0.591. The Kier molecular flexibility index (Phi) is 4.37. The number of nitrogens with zero attached hydrogens (tertiary/aromatic N) is 2. The third-order valence-corrected chi connectivity index (χ3v) is 6.83. The molecule has 9 heteroatoms. The molecule has 0 radical (unpaired) electrons. The van der Waals surface area contributed by atoms with Crippen molar-refractivity contribution in [3.8, 4) is 11.5 Å². The number of fused-ring (bicyclic) bond motifs is 3. The van der Waals surface area contributed by atoms with Crippen molar-refractivity contribution in [3.05, 3.63) is 91.3 Å². The molecule has 2 aliphatic heterocycles. The zero-order valence-corrected chi connectivity index (χ0v) is 17.1. The quantitative estimate of drug-likeness (QED) is 0.576. The van der Waals surface area contributed by atoms with Crippen molar-refractivity contribution < 1.29 is 24.4 Å². The highest BCUT2D eigenvalue weighted by Gasteiger charge is 2.52. The number of ketones is 2. The van der Waals surface area contributed by atoms with Crippen LogP contribution < -0.4 is 4.74 Å². The van der Waals surface area contributed by atoms with E-state index in [4.69, 9.17) is 4.74 Å². The molecule has 1 aliphatic carbocycles. The average molecular weight is 436 g/mol. The molecule has 1 N–H and O–H groups in total. The standard InChI is InChI=1S/C22H16N2O6S/c1-30-14-8-4-7-13(19(14)25)15-16-17(23-9-10-31-22(23)18(15)24(28)29)21(27)12-6-3-2-5-11(12)20(16)26/h2-8,15,25H,9-10H2,1H3. The largest absolute Gasteiger partial charge is 0.504 e. The van der Waals surface area contributed by atoms with Crippen LogP contribution in [0.4, 0.5) is 0 Å². The van der Waals surface area contributed by atoms with E-state index in [2.05, 4.69) is 0 Å². The van der Waals surface area contributed by atoms with Gasteiger partial charge < -0.3 is 14.7 Å². The number of rotatable bonds is 3. The molecule has 1 unspecified atom stereocenters. The van der Waals surface area contributed by atoms with E-state index in [1.807, 2.05) is 0 Å². The van der Waals surface area contributed by atoms with Gasteiger partial charge in [-0.05, 0) is 6.07 Å². The molecule has 2 aromatic rings. The summed E-state index contributed by atoms with van der Waals surface area (Å²) in [6.07, 6.45) is 0. The number of ether oxygens (including phenoxy) is 1. The van der Waals surface area contributed by atoms with Crippen molar-refractivity contribution >= 4 is 23.3 Å². The lowest BCUT2D eigenvalue weighted by Crippen LogP contribution is -2.39. The predicted molar refractivity (Wildman–Crippen MR) is 113 cm³/mol. The summed E-state index contributed by atoms with van der Waals surface area (Å²) in [5.74, 6) is -1.63. The zero-order valence-electron chi connectivity index (χ0n) is 16.3. The second kappa shape index (κ2) is 6.98. The van der Waals surface area contributed by atoms with Crippen LogP contribution in [0.1, 0.15) is 32.2 Å². The molecule has 1 saturated heterocycles. The van der Waals surface area contributed by atoms with Gasteiger partial charge in [0.25, 0.3) is 5.70 Å². The van der Waals surface area contributed by atoms with E-state index in [0.29, 0.717) is 17.3 Å². The Labute approximate surface area is 181 Å². The Bertz CT molecular complexity index is 1250. The molecule has 0 aromatic heterocycles. The Hall–Kier alpha value is -3.59. The molecule has 2 aromatic carbocycles. The lowest BCUT2D eigenvalue weighted by Gasteiger charge is -2.35. The van der Waals surface area contributed by atoms with Gasteiger partial charge in [0.2, 0.25) is 5.78 Å². The van der Waals surface area contributed by atoms with Crippen LogP contribution in [0.2, 0.25) is 0 Å². The number of para-hydroxylation sites is 1. The molecule has 0 amide bonds. The molecule has 3 aliphatic rings. The normalized spacial score (nSPS) is 19.9. The molecular formula is C22H16N2O6S. The minimum atomic E-state index is -1.21. The van der Waals surface area contributed by atoms with Crippen LogP contribution in [0.3, 0.4) is 0 Å². The Morgan fingerprint density at radius 3 is 2.52 bits per heavy atom. The number of allylic oxidation sites excluding steroid dienone is 2. The van der Waals surface area contributed by atoms with Gasteiger partial charge in [-0.25, -0.2) is 0 Å². The summed E-state index contributed by atoms with van der Waals surface area (Å²) >= 11 is 1.27. The fourth-order valence-electron chi connectivity index (χ4n) is 4.44. The van der Waals surface area contributed by atoms with E-state index in [0.717, 1.165) is 0 Å². The first kappa shape index (κ1) is 19.4. The van der Waals surface area contributed by atoms with Gasteiger partial charge in [0, 0.05) is 34.6 Å². The number of carbonyl (C=O) groups excluding carboxylic acids is 2. The maximum absolute atomic E-state index is 13.6. The number of methoxy groups -OCH3 is 1. The number of nitro groups is 1. The molecule has 0 saturated carbocycles. The van der Waals surface area contributed by atoms with E-state index in [1.165, 1.54) is 31.0 Å². The van der Waals surface area contributed by atoms with Crippen molar-refractivity contribution in [1.29, 1.82) is 0 Å². The van der Waals surface area contributed by atoms with E-state index >= 15 is 0 Å². The second-order valence-corrected chi connectivity index (χ2v) is 8.33. The third kappa shape index (κ3) is 2.63. The number of phenolic OH excluding ortho intramolecular Hbond substituents is 1. The fourth-order valence-corrected chi connectivity index (χ4v) is 5.59. The highest BCUT2D eigenvalue weighted by molar-refractivity contribution is 8.03. The number of benzene rings is 2. The van der Waals surface area contributed by atoms with Crippen molar-refractivity contribution in [1.82, 2.24) is 4.90 Å². The van der Waals surface area contributed by atoms with Gasteiger partial charge >= 0.3 is 0 Å². The van der Waals surface area contributed by atoms with Gasteiger partial charge in [-0.2, -0.15) is 0 Å². The number of aromatic hydroxyl groups is 1. The topological polar surface area (TPSA) is 110 Å². The van der Waals surface area contributed by atoms with E-state index in [1.54, 1.807) is 35.2 Å². The van der Waals surface area contributed by atoms with Gasteiger partial charge in [-0.15, -0.1) is 0 Å². The van der Waals surface area contributed by atoms with E-state index in [-0.39, 0.29) is 50.9 Å². The Morgan fingerprint density at radius 2 is 1.84 bits per heavy atom. The summed E-state index contributed by atoms with van der Waals surface area (Å²) in [5, 5.41) is 23.4. The first-order valence-corrected chi connectivity index (χ1v) is 10.5. The maximum Gasteiger partial charge on any atom is 0.288 e. The van der Waals surface area contributed by atoms with Crippen molar-refractivity contribution in [3.63, 3.8) is 0 Å². The molecule has 1 atom stereocenters. The van der Waals surface area contributed by atoms with E-state index in [9.17, 15) is 24.8 Å². The summed E-state index contributed by atoms with van der Waals surface area (Å²) in [7, 11) is 1.37. The van der Waals surface area contributed by atoms with E-state index < -0.39 is 16.6 Å². The molecule has 8 nitrogen and oxygen atoms in total. The van der Waals surface area contributed by atoms with Gasteiger partial charge in [-0.3, -0.25) is 19.7 Å². The zero-order chi connectivity index (χ0) is 21.9. The molecule has 2 heterocycles. The number of thioether (sulfide) groups is 1. The molecular weight excluding hydrogens is 420 g/mol.